The molecule has 31 heavy (non-hydrogen) atoms. The number of hydrogen-bond donors (Lipinski definition) is 2. The molecule has 8 heteroatoms. The van der Waals surface area contributed by atoms with Crippen molar-refractivity contribution in [2.75, 3.05) is 5.32 Å². The van der Waals surface area contributed by atoms with E-state index in [1.165, 1.54) is 12.3 Å². The van der Waals surface area contributed by atoms with Gasteiger partial charge in [0.1, 0.15) is 22.9 Å². The lowest BCUT2D eigenvalue weighted by atomic mass is 9.70. The molecule has 3 heterocycles. The summed E-state index contributed by atoms with van der Waals surface area (Å²) in [4.78, 5) is 23.5. The molecule has 3 aromatic heterocycles. The number of fused-ring (bicyclic) bond motifs is 5. The first-order valence-corrected chi connectivity index (χ1v) is 10.7. The number of nitrogens with one attached hydrogen (secondary N) is 2. The second-order valence-corrected chi connectivity index (χ2v) is 8.74. The van der Waals surface area contributed by atoms with Crippen molar-refractivity contribution < 1.29 is 18.0 Å². The van der Waals surface area contributed by atoms with Crippen LogP contribution in [-0.4, -0.2) is 26.8 Å². The van der Waals surface area contributed by atoms with Crippen LogP contribution in [0.2, 0.25) is 0 Å². The molecule has 0 aromatic carbocycles. The normalized spacial score (nSPS) is 25.5. The zero-order valence-electron chi connectivity index (χ0n) is 17.1. The van der Waals surface area contributed by atoms with Crippen molar-refractivity contribution >= 4 is 22.6 Å². The average Bonchev–Trinajstić information content (AvgIpc) is 2.89. The molecule has 2 N–H and O–H groups in total. The number of carbonyl (C=O) groups is 1. The number of Topliss-reactive ketones (excluding diaryl/α,β-unsaturated/α-hetero) is 1. The highest BCUT2D eigenvalue weighted by molar-refractivity contribution is 5.92. The summed E-state index contributed by atoms with van der Waals surface area (Å²) in [5.41, 5.74) is 0.586. The summed E-state index contributed by atoms with van der Waals surface area (Å²) in [5, 5.41) is 3.53. The number of ketones is 1. The molecule has 0 radical (unpaired) electrons. The molecule has 6 rings (SSSR count). The van der Waals surface area contributed by atoms with Gasteiger partial charge in [-0.25, -0.2) is 23.1 Å². The van der Waals surface area contributed by atoms with E-state index < -0.39 is 17.5 Å². The number of hydrogen-bond acceptors (Lipinski definition) is 4. The van der Waals surface area contributed by atoms with Crippen molar-refractivity contribution in [3.05, 3.63) is 42.0 Å². The summed E-state index contributed by atoms with van der Waals surface area (Å²) in [6.07, 6.45) is 7.55. The summed E-state index contributed by atoms with van der Waals surface area (Å²) < 4.78 is 43.2. The molecule has 3 fully saturated rings. The lowest BCUT2D eigenvalue weighted by Gasteiger charge is -2.40. The van der Waals surface area contributed by atoms with E-state index in [9.17, 15) is 18.0 Å². The first-order chi connectivity index (χ1) is 14.9. The molecule has 5 nitrogen and oxygen atoms in total. The Kier molecular flexibility index (Phi) is 4.95. The van der Waals surface area contributed by atoms with Crippen LogP contribution in [0, 0.1) is 35.2 Å². The maximum Gasteiger partial charge on any atom is 0.168 e. The number of carbonyl (C=O) groups excluding carboxylic acids is 1. The Hall–Kier alpha value is -2.90. The van der Waals surface area contributed by atoms with Crippen molar-refractivity contribution in [3.8, 4) is 11.3 Å². The van der Waals surface area contributed by atoms with E-state index in [-0.39, 0.29) is 41.1 Å². The molecular weight excluding hydrogens is 405 g/mol. The molecule has 3 saturated carbocycles. The molecular formula is C23H23F3N4O. The fourth-order valence-corrected chi connectivity index (χ4v) is 5.54. The lowest BCUT2D eigenvalue weighted by molar-refractivity contribution is -0.124. The Balaban J connectivity index is 1.56. The van der Waals surface area contributed by atoms with Gasteiger partial charge in [-0.15, -0.1) is 0 Å². The number of aromatic nitrogens is 3. The quantitative estimate of drug-likeness (QED) is 0.596. The molecule has 3 unspecified atom stereocenters. The molecule has 0 amide bonds. The summed E-state index contributed by atoms with van der Waals surface area (Å²) >= 11 is 0. The third-order valence-corrected chi connectivity index (χ3v) is 6.92. The highest BCUT2D eigenvalue weighted by Crippen LogP contribution is 2.45. The highest BCUT2D eigenvalue weighted by Gasteiger charge is 2.44. The third kappa shape index (κ3) is 3.47. The molecule has 3 aliphatic carbocycles. The van der Waals surface area contributed by atoms with Gasteiger partial charge in [-0.05, 0) is 50.5 Å². The average molecular weight is 428 g/mol. The molecule has 4 atom stereocenters. The zero-order valence-corrected chi connectivity index (χ0v) is 17.1. The van der Waals surface area contributed by atoms with Crippen LogP contribution in [0.3, 0.4) is 0 Å². The van der Waals surface area contributed by atoms with Crippen molar-refractivity contribution in [2.45, 2.75) is 45.1 Å². The van der Waals surface area contributed by atoms with Crippen LogP contribution >= 0.6 is 0 Å². The van der Waals surface area contributed by atoms with Crippen LogP contribution in [0.25, 0.3) is 22.3 Å². The van der Waals surface area contributed by atoms with Gasteiger partial charge in [0.25, 0.3) is 0 Å². The number of nitrogens with zero attached hydrogens (tertiary/aromatic N) is 2. The van der Waals surface area contributed by atoms with Gasteiger partial charge in [0.2, 0.25) is 0 Å². The van der Waals surface area contributed by atoms with E-state index in [1.807, 2.05) is 0 Å². The largest absolute Gasteiger partial charge is 0.364 e. The molecule has 0 aliphatic heterocycles. The fourth-order valence-electron chi connectivity index (χ4n) is 5.54. The van der Waals surface area contributed by atoms with E-state index in [1.54, 1.807) is 6.92 Å². The summed E-state index contributed by atoms with van der Waals surface area (Å²) in [7, 11) is 0. The number of rotatable bonds is 4. The molecule has 0 spiro atoms. The maximum atomic E-state index is 14.7. The van der Waals surface area contributed by atoms with Crippen LogP contribution < -0.4 is 5.32 Å². The Labute approximate surface area is 177 Å². The SMILES string of the molecule is CC(=O)[C@@H]1C2CCCC(CC2)C1Nc1nc(-c2c[nH]c3ncc(F)cc23)c(F)cc1F. The molecule has 0 saturated heterocycles. The smallest absolute Gasteiger partial charge is 0.168 e. The Morgan fingerprint density at radius 3 is 2.68 bits per heavy atom. The predicted octanol–water partition coefficient (Wildman–Crippen LogP) is 5.24. The van der Waals surface area contributed by atoms with Gasteiger partial charge in [-0.3, -0.25) is 4.79 Å². The van der Waals surface area contributed by atoms with Crippen molar-refractivity contribution in [2.24, 2.45) is 17.8 Å². The van der Waals surface area contributed by atoms with Crippen LogP contribution in [-0.2, 0) is 4.79 Å². The van der Waals surface area contributed by atoms with Crippen LogP contribution in [0.5, 0.6) is 0 Å². The van der Waals surface area contributed by atoms with Gasteiger partial charge >= 0.3 is 0 Å². The van der Waals surface area contributed by atoms with Gasteiger partial charge in [0, 0.05) is 35.2 Å². The van der Waals surface area contributed by atoms with E-state index in [0.717, 1.165) is 44.4 Å². The molecule has 2 bridgehead atoms. The number of pyridine rings is 2. The van der Waals surface area contributed by atoms with E-state index in [2.05, 4.69) is 20.3 Å². The minimum atomic E-state index is -0.848. The number of halogens is 3. The molecule has 162 valence electrons. The summed E-state index contributed by atoms with van der Waals surface area (Å²) in [5.74, 6) is -1.90. The second-order valence-electron chi connectivity index (χ2n) is 8.74. The summed E-state index contributed by atoms with van der Waals surface area (Å²) in [6, 6.07) is 1.79. The van der Waals surface area contributed by atoms with Gasteiger partial charge in [0.15, 0.2) is 17.5 Å². The number of anilines is 1. The van der Waals surface area contributed by atoms with E-state index >= 15 is 0 Å². The van der Waals surface area contributed by atoms with Crippen molar-refractivity contribution in [1.82, 2.24) is 15.0 Å². The van der Waals surface area contributed by atoms with Crippen LogP contribution in [0.4, 0.5) is 19.0 Å². The molecule has 3 aromatic rings. The Bertz CT molecular complexity index is 1160. The monoisotopic (exact) mass is 428 g/mol. The minimum Gasteiger partial charge on any atom is -0.364 e. The lowest BCUT2D eigenvalue weighted by Crippen LogP contribution is -2.46. The summed E-state index contributed by atoms with van der Waals surface area (Å²) in [6.45, 7) is 1.59. The van der Waals surface area contributed by atoms with Gasteiger partial charge < -0.3 is 10.3 Å². The Morgan fingerprint density at radius 2 is 1.87 bits per heavy atom. The van der Waals surface area contributed by atoms with E-state index in [4.69, 9.17) is 0 Å². The molecule has 3 aliphatic rings. The van der Waals surface area contributed by atoms with Crippen LogP contribution in [0.15, 0.2) is 24.5 Å². The first kappa shape index (κ1) is 20.0. The maximum absolute atomic E-state index is 14.7. The highest BCUT2D eigenvalue weighted by atomic mass is 19.1. The fraction of sp³-hybridized carbons (Fsp3) is 0.435. The topological polar surface area (TPSA) is 70.7 Å². The van der Waals surface area contributed by atoms with Crippen molar-refractivity contribution in [3.63, 3.8) is 0 Å². The van der Waals surface area contributed by atoms with Gasteiger partial charge in [0.05, 0.1) is 6.20 Å². The number of aromatic amines is 1. The first-order valence-electron chi connectivity index (χ1n) is 10.7. The van der Waals surface area contributed by atoms with E-state index in [0.29, 0.717) is 16.6 Å². The van der Waals surface area contributed by atoms with Crippen LogP contribution in [0.1, 0.15) is 39.0 Å². The van der Waals surface area contributed by atoms with Crippen molar-refractivity contribution in [1.29, 1.82) is 0 Å². The minimum absolute atomic E-state index is 0.0843. The zero-order chi connectivity index (χ0) is 21.7. The number of H-pyrrole nitrogens is 1. The standard InChI is InChI=1S/C23H23F3N4O/c1-11(31)19-12-3-2-4-13(6-5-12)20(19)29-23-18(26)8-17(25)21(30-23)16-10-28-22-15(16)7-14(24)9-27-22/h7-10,12-13,19-20H,2-6H2,1H3,(H,27,28)(H,29,30)/t12?,13?,19-,20?/m1/s1. The predicted molar refractivity (Wildman–Crippen MR) is 111 cm³/mol. The third-order valence-electron chi connectivity index (χ3n) is 6.92. The Morgan fingerprint density at radius 1 is 1.10 bits per heavy atom. The second kappa shape index (κ2) is 7.66. The van der Waals surface area contributed by atoms with Gasteiger partial charge in [-0.1, -0.05) is 6.42 Å². The van der Waals surface area contributed by atoms with Gasteiger partial charge in [-0.2, -0.15) is 0 Å².